The molecule has 1 fully saturated rings. The molecular formula is C20H24O2. The lowest BCUT2D eigenvalue weighted by Gasteiger charge is -2.26. The predicted molar refractivity (Wildman–Crippen MR) is 89.6 cm³/mol. The minimum absolute atomic E-state index is 0.207. The highest BCUT2D eigenvalue weighted by atomic mass is 16.3. The average Bonchev–Trinajstić information content (AvgIpc) is 2.53. The molecule has 0 amide bonds. The fourth-order valence-corrected chi connectivity index (χ4v) is 3.72. The second kappa shape index (κ2) is 6.43. The molecule has 2 nitrogen and oxygen atoms in total. The molecule has 0 heterocycles. The second-order valence-corrected chi connectivity index (χ2v) is 6.45. The van der Waals surface area contributed by atoms with Crippen molar-refractivity contribution in [2.75, 3.05) is 0 Å². The van der Waals surface area contributed by atoms with Crippen molar-refractivity contribution < 1.29 is 10.2 Å². The molecule has 0 unspecified atom stereocenters. The van der Waals surface area contributed by atoms with Gasteiger partial charge in [0.25, 0.3) is 0 Å². The van der Waals surface area contributed by atoms with Crippen LogP contribution in [0.2, 0.25) is 0 Å². The summed E-state index contributed by atoms with van der Waals surface area (Å²) in [6.45, 7) is 2.00. The van der Waals surface area contributed by atoms with Crippen LogP contribution in [0.15, 0.2) is 36.4 Å². The summed E-state index contributed by atoms with van der Waals surface area (Å²) in [5.41, 5.74) is 3.84. The van der Waals surface area contributed by atoms with Gasteiger partial charge in [0, 0.05) is 17.5 Å². The molecule has 116 valence electrons. The van der Waals surface area contributed by atoms with Crippen molar-refractivity contribution in [2.45, 2.75) is 51.4 Å². The number of hydrogen-bond donors (Lipinski definition) is 2. The molecule has 0 spiro atoms. The molecule has 1 aliphatic rings. The van der Waals surface area contributed by atoms with E-state index in [0.29, 0.717) is 23.7 Å². The highest BCUT2D eigenvalue weighted by molar-refractivity contribution is 5.55. The van der Waals surface area contributed by atoms with Crippen molar-refractivity contribution >= 4 is 0 Å². The maximum absolute atomic E-state index is 10.8. The van der Waals surface area contributed by atoms with E-state index in [1.807, 2.05) is 43.3 Å². The third-order valence-corrected chi connectivity index (χ3v) is 4.87. The van der Waals surface area contributed by atoms with Gasteiger partial charge in [0.1, 0.15) is 11.5 Å². The summed E-state index contributed by atoms with van der Waals surface area (Å²) in [7, 11) is 0. The van der Waals surface area contributed by atoms with Crippen LogP contribution in [0.3, 0.4) is 0 Å². The first-order valence-electron chi connectivity index (χ1n) is 8.25. The van der Waals surface area contributed by atoms with Crippen molar-refractivity contribution in [3.05, 3.63) is 58.7 Å². The average molecular weight is 296 g/mol. The first-order valence-corrected chi connectivity index (χ1v) is 8.25. The van der Waals surface area contributed by atoms with E-state index < -0.39 is 0 Å². The number of aromatic hydroxyl groups is 2. The van der Waals surface area contributed by atoms with Gasteiger partial charge in [0.05, 0.1) is 0 Å². The summed E-state index contributed by atoms with van der Waals surface area (Å²) in [5, 5.41) is 21.1. The van der Waals surface area contributed by atoms with Crippen LogP contribution in [0.5, 0.6) is 11.5 Å². The van der Waals surface area contributed by atoms with Crippen LogP contribution in [-0.2, 0) is 6.42 Å². The Bertz CT molecular complexity index is 641. The molecule has 0 radical (unpaired) electrons. The van der Waals surface area contributed by atoms with Crippen molar-refractivity contribution in [1.29, 1.82) is 0 Å². The van der Waals surface area contributed by atoms with E-state index in [1.54, 1.807) is 0 Å². The van der Waals surface area contributed by atoms with Crippen molar-refractivity contribution in [3.8, 4) is 11.5 Å². The van der Waals surface area contributed by atoms with Gasteiger partial charge in [-0.2, -0.15) is 0 Å². The van der Waals surface area contributed by atoms with E-state index in [9.17, 15) is 10.2 Å². The lowest BCUT2D eigenvalue weighted by Crippen LogP contribution is -2.08. The zero-order valence-electron chi connectivity index (χ0n) is 13.2. The minimum atomic E-state index is 0.207. The van der Waals surface area contributed by atoms with Gasteiger partial charge in [-0.25, -0.2) is 0 Å². The number of phenols is 2. The quantitative estimate of drug-likeness (QED) is 0.832. The summed E-state index contributed by atoms with van der Waals surface area (Å²) >= 11 is 0. The molecule has 1 aliphatic carbocycles. The Balaban J connectivity index is 1.99. The lowest BCUT2D eigenvalue weighted by atomic mass is 9.80. The Morgan fingerprint density at radius 1 is 1.00 bits per heavy atom. The first-order chi connectivity index (χ1) is 10.7. The van der Waals surface area contributed by atoms with Gasteiger partial charge in [-0.05, 0) is 42.9 Å². The molecule has 2 aromatic rings. The van der Waals surface area contributed by atoms with E-state index in [-0.39, 0.29) is 5.75 Å². The van der Waals surface area contributed by atoms with Gasteiger partial charge in [-0.1, -0.05) is 49.6 Å². The fourth-order valence-electron chi connectivity index (χ4n) is 3.72. The van der Waals surface area contributed by atoms with Gasteiger partial charge < -0.3 is 10.2 Å². The zero-order chi connectivity index (χ0) is 15.5. The van der Waals surface area contributed by atoms with Crippen molar-refractivity contribution in [2.24, 2.45) is 0 Å². The number of rotatable bonds is 3. The molecule has 2 aromatic carbocycles. The van der Waals surface area contributed by atoms with Gasteiger partial charge in [-0.3, -0.25) is 0 Å². The molecule has 0 saturated heterocycles. The van der Waals surface area contributed by atoms with Crippen LogP contribution in [0, 0.1) is 6.92 Å². The molecular weight excluding hydrogens is 272 g/mol. The van der Waals surface area contributed by atoms with Gasteiger partial charge in [0.15, 0.2) is 0 Å². The third kappa shape index (κ3) is 2.96. The van der Waals surface area contributed by atoms with Crippen molar-refractivity contribution in [3.63, 3.8) is 0 Å². The molecule has 2 heteroatoms. The maximum atomic E-state index is 10.8. The first kappa shape index (κ1) is 15.0. The van der Waals surface area contributed by atoms with Crippen LogP contribution >= 0.6 is 0 Å². The van der Waals surface area contributed by atoms with Gasteiger partial charge in [-0.15, -0.1) is 0 Å². The molecule has 22 heavy (non-hydrogen) atoms. The highest BCUT2D eigenvalue weighted by Gasteiger charge is 2.24. The van der Waals surface area contributed by atoms with Gasteiger partial charge in [0.2, 0.25) is 0 Å². The third-order valence-electron chi connectivity index (χ3n) is 4.87. The number of aryl methyl sites for hydroxylation is 1. The van der Waals surface area contributed by atoms with E-state index in [1.165, 1.54) is 19.3 Å². The van der Waals surface area contributed by atoms with Crippen LogP contribution in [0.4, 0.5) is 0 Å². The number of benzene rings is 2. The lowest BCUT2D eigenvalue weighted by molar-refractivity contribution is 0.402. The van der Waals surface area contributed by atoms with Crippen molar-refractivity contribution in [1.82, 2.24) is 0 Å². The topological polar surface area (TPSA) is 40.5 Å². The molecule has 3 rings (SSSR count). The van der Waals surface area contributed by atoms with E-state index in [0.717, 1.165) is 29.5 Å². The maximum Gasteiger partial charge on any atom is 0.126 e. The Kier molecular flexibility index (Phi) is 4.37. The van der Waals surface area contributed by atoms with Crippen LogP contribution < -0.4 is 0 Å². The fraction of sp³-hybridized carbons (Fsp3) is 0.400. The molecule has 0 bridgehead atoms. The standard InChI is InChI=1S/C20H24O2/c1-14-12-18(21)17(13-15-8-4-2-5-9-15)20(22)19(14)16-10-6-3-7-11-16/h2,4-5,8-9,12,16,21-22H,3,6-7,10-11,13H2,1H3. The molecule has 0 aliphatic heterocycles. The van der Waals surface area contributed by atoms with Gasteiger partial charge >= 0.3 is 0 Å². The summed E-state index contributed by atoms with van der Waals surface area (Å²) in [5.74, 6) is 0.954. The largest absolute Gasteiger partial charge is 0.508 e. The second-order valence-electron chi connectivity index (χ2n) is 6.45. The monoisotopic (exact) mass is 296 g/mol. The van der Waals surface area contributed by atoms with E-state index in [2.05, 4.69) is 0 Å². The highest BCUT2D eigenvalue weighted by Crippen LogP contribution is 2.43. The number of phenolic OH excluding ortho intramolecular Hbond substituents is 2. The molecule has 1 saturated carbocycles. The molecule has 0 atom stereocenters. The smallest absolute Gasteiger partial charge is 0.126 e. The van der Waals surface area contributed by atoms with Crippen LogP contribution in [0.25, 0.3) is 0 Å². The SMILES string of the molecule is Cc1cc(O)c(Cc2ccccc2)c(O)c1C1CCCCC1. The molecule has 2 N–H and O–H groups in total. The van der Waals surface area contributed by atoms with E-state index >= 15 is 0 Å². The Labute approximate surface area is 132 Å². The van der Waals surface area contributed by atoms with E-state index in [4.69, 9.17) is 0 Å². The summed E-state index contributed by atoms with van der Waals surface area (Å²) < 4.78 is 0. The number of hydrogen-bond acceptors (Lipinski definition) is 2. The Hall–Kier alpha value is -1.96. The molecule has 0 aromatic heterocycles. The van der Waals surface area contributed by atoms with Crippen LogP contribution in [0.1, 0.15) is 60.3 Å². The predicted octanol–water partition coefficient (Wildman–Crippen LogP) is 5.04. The Morgan fingerprint density at radius 3 is 2.36 bits per heavy atom. The summed E-state index contributed by atoms with van der Waals surface area (Å²) in [4.78, 5) is 0. The normalized spacial score (nSPS) is 15.9. The van der Waals surface area contributed by atoms with Crippen LogP contribution in [-0.4, -0.2) is 10.2 Å². The zero-order valence-corrected chi connectivity index (χ0v) is 13.2. The Morgan fingerprint density at radius 2 is 1.68 bits per heavy atom. The minimum Gasteiger partial charge on any atom is -0.508 e. The summed E-state index contributed by atoms with van der Waals surface area (Å²) in [6.07, 6.45) is 6.62. The summed E-state index contributed by atoms with van der Waals surface area (Å²) in [6, 6.07) is 11.8.